The fraction of sp³-hybridized carbons (Fsp3) is 0.519. The van der Waals surface area contributed by atoms with Crippen LogP contribution in [0.4, 0.5) is 0 Å². The van der Waals surface area contributed by atoms with E-state index < -0.39 is 5.60 Å². The van der Waals surface area contributed by atoms with Crippen LogP contribution in [0.25, 0.3) is 0 Å². The second-order valence-electron chi connectivity index (χ2n) is 9.26. The molecule has 1 atom stereocenters. The number of hydrogen-bond acceptors (Lipinski definition) is 4. The molecule has 2 aliphatic rings. The molecule has 178 valence electrons. The third-order valence-corrected chi connectivity index (χ3v) is 6.86. The van der Waals surface area contributed by atoms with Gasteiger partial charge in [-0.15, -0.1) is 0 Å². The van der Waals surface area contributed by atoms with E-state index in [9.17, 15) is 4.79 Å². The average molecular weight is 471 g/mol. The molecule has 2 heterocycles. The summed E-state index contributed by atoms with van der Waals surface area (Å²) in [7, 11) is 0. The van der Waals surface area contributed by atoms with Crippen LogP contribution in [0.1, 0.15) is 37.7 Å². The van der Waals surface area contributed by atoms with Crippen LogP contribution in [-0.4, -0.2) is 67.2 Å². The van der Waals surface area contributed by atoms with Gasteiger partial charge < -0.3 is 14.4 Å². The first-order valence-electron chi connectivity index (χ1n) is 12.2. The zero-order chi connectivity index (χ0) is 22.9. The number of ether oxygens (including phenoxy) is 2. The van der Waals surface area contributed by atoms with Gasteiger partial charge in [-0.2, -0.15) is 0 Å². The largest absolute Gasteiger partial charge is 0.491 e. The highest BCUT2D eigenvalue weighted by molar-refractivity contribution is 6.30. The first kappa shape index (κ1) is 24.1. The summed E-state index contributed by atoms with van der Waals surface area (Å²) >= 11 is 6.02. The Morgan fingerprint density at radius 3 is 2.52 bits per heavy atom. The molecule has 0 radical (unpaired) electrons. The van der Waals surface area contributed by atoms with Crippen LogP contribution in [0.15, 0.2) is 54.6 Å². The molecule has 2 aromatic carbocycles. The first-order valence-corrected chi connectivity index (χ1v) is 12.6. The summed E-state index contributed by atoms with van der Waals surface area (Å²) in [4.78, 5) is 17.6. The van der Waals surface area contributed by atoms with Crippen LogP contribution >= 0.6 is 11.6 Å². The van der Waals surface area contributed by atoms with Crippen LogP contribution in [0.5, 0.6) is 5.75 Å². The van der Waals surface area contributed by atoms with E-state index in [1.54, 1.807) is 0 Å². The number of benzene rings is 2. The van der Waals surface area contributed by atoms with Gasteiger partial charge in [0.2, 0.25) is 5.91 Å². The molecule has 5 nitrogen and oxygen atoms in total. The third-order valence-electron chi connectivity index (χ3n) is 6.61. The van der Waals surface area contributed by atoms with Gasteiger partial charge in [-0.25, -0.2) is 0 Å². The molecule has 33 heavy (non-hydrogen) atoms. The van der Waals surface area contributed by atoms with Crippen molar-refractivity contribution in [2.24, 2.45) is 0 Å². The van der Waals surface area contributed by atoms with Gasteiger partial charge >= 0.3 is 0 Å². The Hall–Kier alpha value is -2.08. The van der Waals surface area contributed by atoms with Gasteiger partial charge in [0.1, 0.15) is 18.0 Å². The molecule has 1 amide bonds. The standard InChI is InChI=1S/C27H35ClN2O3/c28-24-11-13-25(14-12-24)32-22-27(20-26(31)30-16-5-2-6-17-30)21-29(18-19-33-27)15-7-10-23-8-3-1-4-9-23/h1,3-4,8-9,11-14H,2,5-7,10,15-22H2. The lowest BCUT2D eigenvalue weighted by Crippen LogP contribution is -2.57. The number of rotatable bonds is 9. The van der Waals surface area contributed by atoms with Gasteiger partial charge in [0.25, 0.3) is 0 Å². The number of carbonyl (C=O) groups excluding carboxylic acids is 1. The number of morpholine rings is 1. The van der Waals surface area contributed by atoms with Crippen molar-refractivity contribution in [2.75, 3.05) is 45.9 Å². The Morgan fingerprint density at radius 2 is 1.76 bits per heavy atom. The molecule has 2 saturated heterocycles. The molecule has 2 aliphatic heterocycles. The maximum absolute atomic E-state index is 13.2. The number of carbonyl (C=O) groups is 1. The van der Waals surface area contributed by atoms with E-state index >= 15 is 0 Å². The number of nitrogens with zero attached hydrogens (tertiary/aromatic N) is 2. The van der Waals surface area contributed by atoms with Crippen molar-refractivity contribution in [3.05, 3.63) is 65.2 Å². The molecule has 0 N–H and O–H groups in total. The molecule has 0 spiro atoms. The van der Waals surface area contributed by atoms with Gasteiger partial charge in [0.15, 0.2) is 0 Å². The quantitative estimate of drug-likeness (QED) is 0.526. The van der Waals surface area contributed by atoms with Crippen LogP contribution < -0.4 is 4.74 Å². The highest BCUT2D eigenvalue weighted by Crippen LogP contribution is 2.27. The zero-order valence-electron chi connectivity index (χ0n) is 19.4. The number of halogens is 1. The number of likely N-dealkylation sites (tertiary alicyclic amines) is 1. The summed E-state index contributed by atoms with van der Waals surface area (Å²) in [6.45, 7) is 5.25. The number of hydrogen-bond donors (Lipinski definition) is 0. The lowest BCUT2D eigenvalue weighted by Gasteiger charge is -2.43. The molecule has 4 rings (SSSR count). The molecule has 2 aromatic rings. The van der Waals surface area contributed by atoms with Gasteiger partial charge in [-0.3, -0.25) is 9.69 Å². The Bertz CT molecular complexity index is 871. The molecule has 6 heteroatoms. The summed E-state index contributed by atoms with van der Waals surface area (Å²) in [6.07, 6.45) is 5.88. The minimum atomic E-state index is -0.640. The third kappa shape index (κ3) is 7.20. The van der Waals surface area contributed by atoms with Crippen LogP contribution in [0.3, 0.4) is 0 Å². The van der Waals surface area contributed by atoms with E-state index in [0.29, 0.717) is 31.2 Å². The predicted molar refractivity (Wildman–Crippen MR) is 132 cm³/mol. The minimum Gasteiger partial charge on any atom is -0.491 e. The van der Waals surface area contributed by atoms with Crippen molar-refractivity contribution < 1.29 is 14.3 Å². The maximum Gasteiger partial charge on any atom is 0.225 e. The molecule has 0 aliphatic carbocycles. The summed E-state index contributed by atoms with van der Waals surface area (Å²) < 4.78 is 12.5. The first-order chi connectivity index (χ1) is 16.1. The average Bonchev–Trinajstić information content (AvgIpc) is 2.85. The fourth-order valence-corrected chi connectivity index (χ4v) is 4.91. The van der Waals surface area contributed by atoms with E-state index in [4.69, 9.17) is 21.1 Å². The van der Waals surface area contributed by atoms with Crippen molar-refractivity contribution in [2.45, 2.75) is 44.1 Å². The number of amides is 1. The second kappa shape index (κ2) is 11.9. The summed E-state index contributed by atoms with van der Waals surface area (Å²) in [5.74, 6) is 0.925. The van der Waals surface area contributed by atoms with Gasteiger partial charge in [-0.1, -0.05) is 41.9 Å². The van der Waals surface area contributed by atoms with Gasteiger partial charge in [0, 0.05) is 31.2 Å². The molecule has 0 saturated carbocycles. The molecule has 0 aromatic heterocycles. The molecule has 2 fully saturated rings. The molecule has 0 bridgehead atoms. The monoisotopic (exact) mass is 470 g/mol. The van der Waals surface area contributed by atoms with Gasteiger partial charge in [-0.05, 0) is 68.5 Å². The van der Waals surface area contributed by atoms with Crippen molar-refractivity contribution in [3.63, 3.8) is 0 Å². The van der Waals surface area contributed by atoms with Gasteiger partial charge in [0.05, 0.1) is 13.0 Å². The maximum atomic E-state index is 13.2. The normalized spacial score (nSPS) is 21.7. The highest BCUT2D eigenvalue weighted by atomic mass is 35.5. The Morgan fingerprint density at radius 1 is 1.00 bits per heavy atom. The topological polar surface area (TPSA) is 42.0 Å². The van der Waals surface area contributed by atoms with E-state index in [-0.39, 0.29) is 5.91 Å². The number of aryl methyl sites for hydroxylation is 1. The smallest absolute Gasteiger partial charge is 0.225 e. The predicted octanol–water partition coefficient (Wildman–Crippen LogP) is 4.83. The minimum absolute atomic E-state index is 0.181. The summed E-state index contributed by atoms with van der Waals surface area (Å²) in [5, 5.41) is 0.677. The van der Waals surface area contributed by atoms with E-state index in [1.807, 2.05) is 29.2 Å². The van der Waals surface area contributed by atoms with Crippen molar-refractivity contribution in [1.82, 2.24) is 9.80 Å². The van der Waals surface area contributed by atoms with E-state index in [2.05, 4.69) is 35.2 Å². The van der Waals surface area contributed by atoms with Crippen molar-refractivity contribution in [1.29, 1.82) is 0 Å². The lowest BCUT2D eigenvalue weighted by atomic mass is 9.96. The van der Waals surface area contributed by atoms with E-state index in [0.717, 1.165) is 57.6 Å². The molecule has 1 unspecified atom stereocenters. The molecular weight excluding hydrogens is 436 g/mol. The highest BCUT2D eigenvalue weighted by Gasteiger charge is 2.41. The zero-order valence-corrected chi connectivity index (χ0v) is 20.1. The van der Waals surface area contributed by atoms with Crippen molar-refractivity contribution in [3.8, 4) is 5.75 Å². The SMILES string of the molecule is O=C(CC1(COc2ccc(Cl)cc2)CN(CCCc2ccccc2)CCO1)N1CCCCC1. The van der Waals surface area contributed by atoms with Crippen LogP contribution in [-0.2, 0) is 16.0 Å². The second-order valence-corrected chi connectivity index (χ2v) is 9.69. The Labute approximate surface area is 202 Å². The fourth-order valence-electron chi connectivity index (χ4n) is 4.79. The Kier molecular flexibility index (Phi) is 8.65. The summed E-state index contributed by atoms with van der Waals surface area (Å²) in [5.41, 5.74) is 0.725. The van der Waals surface area contributed by atoms with Crippen LogP contribution in [0.2, 0.25) is 5.02 Å². The Balaban J connectivity index is 1.39. The van der Waals surface area contributed by atoms with E-state index in [1.165, 1.54) is 12.0 Å². The number of piperidine rings is 1. The molecular formula is C27H35ClN2O3. The van der Waals surface area contributed by atoms with Crippen LogP contribution in [0, 0.1) is 0 Å². The van der Waals surface area contributed by atoms with Crippen molar-refractivity contribution >= 4 is 17.5 Å². The lowest BCUT2D eigenvalue weighted by molar-refractivity contribution is -0.156. The summed E-state index contributed by atoms with van der Waals surface area (Å²) in [6, 6.07) is 18.0.